The van der Waals surface area contributed by atoms with Gasteiger partial charge in [0.05, 0.1) is 19.2 Å². The Morgan fingerprint density at radius 3 is 2.35 bits per heavy atom. The maximum absolute atomic E-state index is 8.82. The van der Waals surface area contributed by atoms with Crippen LogP contribution in [-0.4, -0.2) is 4.98 Å². The van der Waals surface area contributed by atoms with Gasteiger partial charge in [0.15, 0.2) is 5.70 Å². The van der Waals surface area contributed by atoms with Crippen molar-refractivity contribution >= 4 is 23.1 Å². The third-order valence-corrected chi connectivity index (χ3v) is 5.00. The molecule has 162 valence electrons. The average molecular weight is 442 g/mol. The molecule has 0 atom stereocenters. The summed E-state index contributed by atoms with van der Waals surface area (Å²) < 4.78 is 12.0. The average Bonchev–Trinajstić information content (AvgIpc) is 3.62. The van der Waals surface area contributed by atoms with Crippen LogP contribution in [0.3, 0.4) is 0 Å². The fraction of sp³-hybridized carbons (Fsp3) is 0.0357. The van der Waals surface area contributed by atoms with Crippen LogP contribution in [0, 0.1) is 24.5 Å². The normalized spacial score (nSPS) is 12.3. The standard InChI is InChI=1S/C28H18N4O2/c1-19(30-2)6-4-8-23-11-13-28(34-23)25-16-20(17-26-24(25)14-15-32-26)27-12-10-22(33-27)9-5-7-21(18-29)31-3/h4-17,32H,1H3/b8-4+,9-5+,19-6-,21-7+. The molecule has 4 aromatic rings. The summed E-state index contributed by atoms with van der Waals surface area (Å²) in [4.78, 5) is 9.73. The number of H-pyrrole nitrogens is 1. The van der Waals surface area contributed by atoms with Crippen molar-refractivity contribution in [3.05, 3.63) is 119 Å². The van der Waals surface area contributed by atoms with Crippen molar-refractivity contribution in [2.45, 2.75) is 6.92 Å². The third-order valence-electron chi connectivity index (χ3n) is 5.00. The SMILES string of the molecule is [C-]#[N+]/C(C)=C\C=C\c1ccc(-c2cc(-c3ccc(/C=C/C=C(\C#N)[N+]#[C-])o3)cc3[nH]ccc23)o1. The second-order valence-electron chi connectivity index (χ2n) is 7.28. The molecule has 0 aliphatic carbocycles. The molecule has 3 heterocycles. The molecule has 0 bridgehead atoms. The third kappa shape index (κ3) is 4.81. The molecule has 0 radical (unpaired) electrons. The first kappa shape index (κ1) is 22.0. The molecule has 34 heavy (non-hydrogen) atoms. The van der Waals surface area contributed by atoms with Gasteiger partial charge < -0.3 is 13.8 Å². The Balaban J connectivity index is 1.66. The van der Waals surface area contributed by atoms with Gasteiger partial charge in [-0.05, 0) is 67.6 Å². The number of hydrogen-bond donors (Lipinski definition) is 1. The van der Waals surface area contributed by atoms with Gasteiger partial charge in [0.25, 0.3) is 5.70 Å². The van der Waals surface area contributed by atoms with Crippen molar-refractivity contribution in [1.29, 1.82) is 5.26 Å². The smallest absolute Gasteiger partial charge is 0.261 e. The first-order chi connectivity index (χ1) is 16.6. The van der Waals surface area contributed by atoms with Crippen molar-refractivity contribution < 1.29 is 8.83 Å². The van der Waals surface area contributed by atoms with Crippen LogP contribution in [0.2, 0.25) is 0 Å². The molecule has 3 aromatic heterocycles. The predicted octanol–water partition coefficient (Wildman–Crippen LogP) is 7.86. The Labute approximate surface area is 196 Å². The molecule has 6 nitrogen and oxygen atoms in total. The Morgan fingerprint density at radius 1 is 0.941 bits per heavy atom. The Hall–Kier alpha value is -5.25. The highest BCUT2D eigenvalue weighted by molar-refractivity contribution is 5.97. The van der Waals surface area contributed by atoms with Crippen LogP contribution in [-0.2, 0) is 0 Å². The molecular formula is C28H18N4O2. The minimum Gasteiger partial charge on any atom is -0.457 e. The summed E-state index contributed by atoms with van der Waals surface area (Å²) in [6.07, 6.45) is 12.0. The second kappa shape index (κ2) is 9.92. The highest BCUT2D eigenvalue weighted by atomic mass is 16.3. The van der Waals surface area contributed by atoms with Gasteiger partial charge in [-0.15, -0.1) is 0 Å². The number of nitrogens with zero attached hydrogens (tertiary/aromatic N) is 3. The second-order valence-corrected chi connectivity index (χ2v) is 7.28. The summed E-state index contributed by atoms with van der Waals surface area (Å²) in [6, 6.07) is 15.4. The number of benzene rings is 1. The van der Waals surface area contributed by atoms with E-state index in [0.717, 1.165) is 27.8 Å². The zero-order chi connectivity index (χ0) is 23.9. The molecule has 6 heteroatoms. The summed E-state index contributed by atoms with van der Waals surface area (Å²) >= 11 is 0. The topological polar surface area (TPSA) is 74.6 Å². The van der Waals surface area contributed by atoms with Gasteiger partial charge in [-0.25, -0.2) is 15.0 Å². The van der Waals surface area contributed by atoms with Crippen LogP contribution in [0.4, 0.5) is 0 Å². The lowest BCUT2D eigenvalue weighted by molar-refractivity contribution is 0.570. The molecule has 0 spiro atoms. The van der Waals surface area contributed by atoms with Gasteiger partial charge in [0, 0.05) is 28.2 Å². The van der Waals surface area contributed by atoms with E-state index in [1.54, 1.807) is 31.2 Å². The number of nitriles is 1. The number of fused-ring (bicyclic) bond motifs is 1. The highest BCUT2D eigenvalue weighted by Crippen LogP contribution is 2.35. The summed E-state index contributed by atoms with van der Waals surface area (Å²) in [5, 5.41) is 9.85. The molecule has 0 saturated heterocycles. The van der Waals surface area contributed by atoms with E-state index in [1.807, 2.05) is 60.8 Å². The number of allylic oxidation sites excluding steroid dienone is 6. The van der Waals surface area contributed by atoms with E-state index in [2.05, 4.69) is 14.7 Å². The summed E-state index contributed by atoms with van der Waals surface area (Å²) in [7, 11) is 0. The summed E-state index contributed by atoms with van der Waals surface area (Å²) in [6.45, 7) is 15.7. The number of nitrogens with one attached hydrogen (secondary N) is 1. The Kier molecular flexibility index (Phi) is 6.41. The highest BCUT2D eigenvalue weighted by Gasteiger charge is 2.13. The maximum atomic E-state index is 8.82. The van der Waals surface area contributed by atoms with E-state index < -0.39 is 0 Å². The maximum Gasteiger partial charge on any atom is 0.261 e. The van der Waals surface area contributed by atoms with Gasteiger partial charge in [-0.3, -0.25) is 0 Å². The molecule has 0 saturated carbocycles. The lowest BCUT2D eigenvalue weighted by Gasteiger charge is -2.04. The van der Waals surface area contributed by atoms with Gasteiger partial charge in [0.2, 0.25) is 0 Å². The van der Waals surface area contributed by atoms with Crippen molar-refractivity contribution in [3.63, 3.8) is 0 Å². The molecule has 0 aliphatic heterocycles. The number of aromatic amines is 1. The molecule has 1 N–H and O–H groups in total. The quantitative estimate of drug-likeness (QED) is 0.188. The molecule has 0 unspecified atom stereocenters. The van der Waals surface area contributed by atoms with Crippen LogP contribution in [0.25, 0.3) is 55.4 Å². The summed E-state index contributed by atoms with van der Waals surface area (Å²) in [5.74, 6) is 2.69. The van der Waals surface area contributed by atoms with Crippen molar-refractivity contribution in [3.8, 4) is 28.7 Å². The van der Waals surface area contributed by atoms with Gasteiger partial charge >= 0.3 is 0 Å². The van der Waals surface area contributed by atoms with Crippen LogP contribution in [0.15, 0.2) is 93.2 Å². The minimum absolute atomic E-state index is 0.00933. The lowest BCUT2D eigenvalue weighted by Crippen LogP contribution is -1.81. The first-order valence-electron chi connectivity index (χ1n) is 10.3. The zero-order valence-corrected chi connectivity index (χ0v) is 18.2. The minimum atomic E-state index is 0.00933. The molecule has 4 rings (SSSR count). The fourth-order valence-corrected chi connectivity index (χ4v) is 3.35. The summed E-state index contributed by atoms with van der Waals surface area (Å²) in [5.41, 5.74) is 3.36. The van der Waals surface area contributed by atoms with E-state index in [0.29, 0.717) is 23.0 Å². The lowest BCUT2D eigenvalue weighted by atomic mass is 10.0. The van der Waals surface area contributed by atoms with Crippen LogP contribution < -0.4 is 0 Å². The molecule has 0 amide bonds. The number of hydrogen-bond acceptors (Lipinski definition) is 3. The number of rotatable bonds is 6. The van der Waals surface area contributed by atoms with Gasteiger partial charge in [-0.2, -0.15) is 0 Å². The molecular weight excluding hydrogens is 424 g/mol. The number of aromatic nitrogens is 1. The Morgan fingerprint density at radius 2 is 1.65 bits per heavy atom. The molecule has 0 aliphatic rings. The van der Waals surface area contributed by atoms with E-state index in [1.165, 1.54) is 6.08 Å². The van der Waals surface area contributed by atoms with Gasteiger partial charge in [0.1, 0.15) is 23.0 Å². The number of furan rings is 2. The molecule has 1 aromatic carbocycles. The van der Waals surface area contributed by atoms with Crippen molar-refractivity contribution in [2.24, 2.45) is 0 Å². The van der Waals surface area contributed by atoms with E-state index >= 15 is 0 Å². The predicted molar refractivity (Wildman–Crippen MR) is 132 cm³/mol. The fourth-order valence-electron chi connectivity index (χ4n) is 3.35. The van der Waals surface area contributed by atoms with Crippen LogP contribution >= 0.6 is 0 Å². The van der Waals surface area contributed by atoms with E-state index in [9.17, 15) is 0 Å². The van der Waals surface area contributed by atoms with E-state index in [-0.39, 0.29) is 5.70 Å². The largest absolute Gasteiger partial charge is 0.457 e. The molecule has 0 fully saturated rings. The van der Waals surface area contributed by atoms with Gasteiger partial charge in [-0.1, -0.05) is 18.2 Å². The van der Waals surface area contributed by atoms with Crippen molar-refractivity contribution in [2.75, 3.05) is 0 Å². The van der Waals surface area contributed by atoms with Crippen LogP contribution in [0.1, 0.15) is 18.4 Å². The van der Waals surface area contributed by atoms with Crippen LogP contribution in [0.5, 0.6) is 0 Å². The Bertz CT molecular complexity index is 1580. The van der Waals surface area contributed by atoms with E-state index in [4.69, 9.17) is 27.2 Å². The van der Waals surface area contributed by atoms with Crippen molar-refractivity contribution in [1.82, 2.24) is 4.98 Å². The monoisotopic (exact) mass is 442 g/mol. The first-order valence-corrected chi connectivity index (χ1v) is 10.3. The zero-order valence-electron chi connectivity index (χ0n) is 18.2.